The van der Waals surface area contributed by atoms with Crippen molar-refractivity contribution in [2.75, 3.05) is 26.4 Å². The number of rotatable bonds is 6. The van der Waals surface area contributed by atoms with E-state index in [9.17, 15) is 9.90 Å². The summed E-state index contributed by atoms with van der Waals surface area (Å²) in [4.78, 5) is 34.3. The quantitative estimate of drug-likeness (QED) is 0.303. The number of carboxylic acid groups (broad SMARTS) is 2. The van der Waals surface area contributed by atoms with E-state index < -0.39 is 5.97 Å². The monoisotopic (exact) mass is 305 g/mol. The second kappa shape index (κ2) is 42.9. The Morgan fingerprint density at radius 1 is 1.20 bits per heavy atom. The molecule has 0 bridgehead atoms. The van der Waals surface area contributed by atoms with Crippen molar-refractivity contribution in [3.63, 3.8) is 0 Å². The zero-order chi connectivity index (χ0) is 15.9. The van der Waals surface area contributed by atoms with Crippen molar-refractivity contribution in [2.45, 2.75) is 27.2 Å². The van der Waals surface area contributed by atoms with Gasteiger partial charge in [0.05, 0.1) is 6.61 Å². The standard InChI is InChI=1S/C5H10O3.C4H10O.CH2O2.CO2.Na/c1-2-8-4-3-5(6)7;1-3-5-4-2;2*2-1-3;/h2-4H2,1H3,(H,6,7);3-4H2,1-2H3;1H,(H,2,3);;/q;;;;+1. The van der Waals surface area contributed by atoms with Crippen LogP contribution in [0.5, 0.6) is 0 Å². The predicted octanol–water partition coefficient (Wildman–Crippen LogP) is -3.56. The van der Waals surface area contributed by atoms with Gasteiger partial charge in [0.25, 0.3) is 6.47 Å². The molecule has 0 aromatic rings. The molecule has 0 aliphatic rings. The van der Waals surface area contributed by atoms with Gasteiger partial charge in [0, 0.05) is 32.2 Å². The Labute approximate surface area is 142 Å². The summed E-state index contributed by atoms with van der Waals surface area (Å²) < 4.78 is 9.56. The topological polar surface area (TPSA) is 130 Å². The van der Waals surface area contributed by atoms with Crippen molar-refractivity contribution in [3.8, 4) is 0 Å². The van der Waals surface area contributed by atoms with Crippen molar-refractivity contribution in [1.29, 1.82) is 0 Å². The maximum atomic E-state index is 9.68. The number of aliphatic carboxylic acids is 1. The maximum absolute atomic E-state index is 9.68. The molecule has 0 atom stereocenters. The van der Waals surface area contributed by atoms with E-state index in [1.54, 1.807) is 0 Å². The van der Waals surface area contributed by atoms with E-state index in [1.165, 1.54) is 0 Å². The van der Waals surface area contributed by atoms with Crippen LogP contribution in [-0.2, 0) is 28.7 Å². The van der Waals surface area contributed by atoms with E-state index in [0.29, 0.717) is 6.61 Å². The zero-order valence-corrected chi connectivity index (χ0v) is 14.4. The Morgan fingerprint density at radius 3 is 1.65 bits per heavy atom. The number of hydrogen-bond donors (Lipinski definition) is 1. The molecule has 0 amide bonds. The second-order valence-electron chi connectivity index (χ2n) is 2.29. The Kier molecular flexibility index (Phi) is 67.7. The molecule has 0 fully saturated rings. The summed E-state index contributed by atoms with van der Waals surface area (Å²) in [5.41, 5.74) is 0. The summed E-state index contributed by atoms with van der Waals surface area (Å²) in [6, 6.07) is 0. The van der Waals surface area contributed by atoms with Gasteiger partial charge in [-0.25, -0.2) is 0 Å². The number of hydrogen-bond acceptors (Lipinski definition) is 7. The van der Waals surface area contributed by atoms with Crippen LogP contribution in [0.3, 0.4) is 0 Å². The maximum Gasteiger partial charge on any atom is 1.00 e. The summed E-state index contributed by atoms with van der Waals surface area (Å²) in [7, 11) is 0. The molecule has 0 aromatic carbocycles. The van der Waals surface area contributed by atoms with E-state index >= 15 is 0 Å². The average molecular weight is 305 g/mol. The van der Waals surface area contributed by atoms with Crippen LogP contribution in [0.4, 0.5) is 0 Å². The van der Waals surface area contributed by atoms with E-state index in [2.05, 4.69) is 0 Å². The molecular formula is C11H22NaO8+. The number of carbonyl (C=O) groups excluding carboxylic acids is 3. The molecule has 8 nitrogen and oxygen atoms in total. The summed E-state index contributed by atoms with van der Waals surface area (Å²) >= 11 is 0. The van der Waals surface area contributed by atoms with Crippen molar-refractivity contribution in [2.24, 2.45) is 0 Å². The molecule has 1 N–H and O–H groups in total. The third-order valence-electron chi connectivity index (χ3n) is 1.06. The molecule has 0 aliphatic heterocycles. The summed E-state index contributed by atoms with van der Waals surface area (Å²) in [6.07, 6.45) is 0.244. The molecule has 0 rings (SSSR count). The third-order valence-corrected chi connectivity index (χ3v) is 1.06. The number of carbonyl (C=O) groups is 2. The number of carboxylic acids is 1. The normalized spacial score (nSPS) is 6.75. The summed E-state index contributed by atoms with van der Waals surface area (Å²) in [5.74, 6) is -1.06. The van der Waals surface area contributed by atoms with Gasteiger partial charge in [-0.05, 0) is 20.8 Å². The van der Waals surface area contributed by atoms with Crippen molar-refractivity contribution >= 4 is 18.6 Å². The molecule has 0 radical (unpaired) electrons. The first-order chi connectivity index (χ1) is 9.01. The van der Waals surface area contributed by atoms with Gasteiger partial charge in [0.15, 0.2) is 0 Å². The van der Waals surface area contributed by atoms with Gasteiger partial charge in [-0.15, -0.1) is 0 Å². The van der Waals surface area contributed by atoms with Crippen LogP contribution >= 0.6 is 0 Å². The summed E-state index contributed by atoms with van der Waals surface area (Å²) in [5, 5.41) is 16.6. The number of ether oxygens (including phenoxy) is 2. The van der Waals surface area contributed by atoms with Crippen LogP contribution in [0.2, 0.25) is 0 Å². The van der Waals surface area contributed by atoms with Gasteiger partial charge < -0.3 is 24.5 Å². The van der Waals surface area contributed by atoms with E-state index in [4.69, 9.17) is 29.0 Å². The Hall–Kier alpha value is -0.760. The van der Waals surface area contributed by atoms with Crippen LogP contribution in [0.15, 0.2) is 0 Å². The van der Waals surface area contributed by atoms with Gasteiger partial charge in [-0.3, -0.25) is 4.79 Å². The Morgan fingerprint density at radius 2 is 1.50 bits per heavy atom. The minimum absolute atomic E-state index is 0. The largest absolute Gasteiger partial charge is 1.00 e. The fourth-order valence-corrected chi connectivity index (χ4v) is 0.504. The third kappa shape index (κ3) is 117. The van der Waals surface area contributed by atoms with Gasteiger partial charge in [-0.1, -0.05) is 0 Å². The van der Waals surface area contributed by atoms with Gasteiger partial charge in [0.2, 0.25) is 0 Å². The SMILES string of the molecule is CCOCC.CCOCCC(=O)[O-].O=C=O.O=CO.[H+].[Na+]. The molecule has 0 unspecified atom stereocenters. The van der Waals surface area contributed by atoms with Crippen molar-refractivity contribution < 1.29 is 69.8 Å². The van der Waals surface area contributed by atoms with Crippen LogP contribution in [-0.4, -0.2) is 50.1 Å². The van der Waals surface area contributed by atoms with E-state index in [-0.39, 0.29) is 56.6 Å². The first-order valence-corrected chi connectivity index (χ1v) is 5.44. The molecule has 0 aliphatic carbocycles. The molecule has 0 spiro atoms. The van der Waals surface area contributed by atoms with Crippen LogP contribution in [0.1, 0.15) is 28.6 Å². The van der Waals surface area contributed by atoms with Gasteiger partial charge in [-0.2, -0.15) is 9.59 Å². The van der Waals surface area contributed by atoms with Crippen molar-refractivity contribution in [3.05, 3.63) is 0 Å². The molecule has 9 heteroatoms. The summed E-state index contributed by atoms with van der Waals surface area (Å²) in [6.45, 7) is 8.06. The van der Waals surface area contributed by atoms with Crippen LogP contribution in [0, 0.1) is 0 Å². The molecule has 0 saturated heterocycles. The first kappa shape index (κ1) is 31.6. The molecule has 0 saturated carbocycles. The first-order valence-electron chi connectivity index (χ1n) is 5.44. The fourth-order valence-electron chi connectivity index (χ4n) is 0.504. The van der Waals surface area contributed by atoms with Gasteiger partial charge in [0.1, 0.15) is 0 Å². The van der Waals surface area contributed by atoms with Crippen LogP contribution in [0.25, 0.3) is 0 Å². The second-order valence-corrected chi connectivity index (χ2v) is 2.29. The molecule has 20 heavy (non-hydrogen) atoms. The fraction of sp³-hybridized carbons (Fsp3) is 0.727. The van der Waals surface area contributed by atoms with E-state index in [1.807, 2.05) is 20.8 Å². The average Bonchev–Trinajstić information content (AvgIpc) is 2.33. The molecule has 114 valence electrons. The molecule has 0 heterocycles. The van der Waals surface area contributed by atoms with Gasteiger partial charge >= 0.3 is 37.1 Å². The Bertz CT molecular complexity index is 208. The zero-order valence-electron chi connectivity index (χ0n) is 13.4. The minimum atomic E-state index is -1.06. The minimum Gasteiger partial charge on any atom is -0.550 e. The molecule has 0 aromatic heterocycles. The van der Waals surface area contributed by atoms with Crippen LogP contribution < -0.4 is 34.7 Å². The smallest absolute Gasteiger partial charge is 0.550 e. The predicted molar refractivity (Wildman–Crippen MR) is 63.1 cm³/mol. The van der Waals surface area contributed by atoms with E-state index in [0.717, 1.165) is 13.2 Å². The Balaban J connectivity index is -0.0000000379. The molecular weight excluding hydrogens is 283 g/mol. The van der Waals surface area contributed by atoms with Crippen molar-refractivity contribution in [1.82, 2.24) is 0 Å².